The second-order valence-corrected chi connectivity index (χ2v) is 3.82. The number of halogens is 1. The summed E-state index contributed by atoms with van der Waals surface area (Å²) in [7, 11) is 5.58. The van der Waals surface area contributed by atoms with Gasteiger partial charge in [0.1, 0.15) is 5.75 Å². The molecule has 3 heteroatoms. The summed E-state index contributed by atoms with van der Waals surface area (Å²) in [6.45, 7) is 0.718. The van der Waals surface area contributed by atoms with Crippen LogP contribution in [0.5, 0.6) is 5.75 Å². The van der Waals surface area contributed by atoms with Crippen molar-refractivity contribution in [2.24, 2.45) is 0 Å². The van der Waals surface area contributed by atoms with Crippen LogP contribution in [0.1, 0.15) is 5.56 Å². The van der Waals surface area contributed by atoms with E-state index in [1.165, 1.54) is 0 Å². The van der Waals surface area contributed by atoms with E-state index < -0.39 is 0 Å². The molecule has 1 rings (SSSR count). The lowest BCUT2D eigenvalue weighted by Crippen LogP contribution is -2.10. The maximum atomic E-state index is 5.88. The Labute approximate surface area is 95.8 Å². The zero-order valence-corrected chi connectivity index (χ0v) is 9.93. The molecule has 80 valence electrons. The third-order valence-electron chi connectivity index (χ3n) is 1.78. The third kappa shape index (κ3) is 3.83. The van der Waals surface area contributed by atoms with Crippen molar-refractivity contribution < 1.29 is 4.74 Å². The van der Waals surface area contributed by atoms with Crippen LogP contribution in [0.3, 0.4) is 0 Å². The Hall–Kier alpha value is -1.17. The Balaban J connectivity index is 2.90. The molecule has 1 aromatic rings. The molecular weight excluding hydrogens is 210 g/mol. The first-order valence-corrected chi connectivity index (χ1v) is 4.98. The Morgan fingerprint density at radius 1 is 1.40 bits per heavy atom. The van der Waals surface area contributed by atoms with E-state index in [-0.39, 0.29) is 0 Å². The average Bonchev–Trinajstić information content (AvgIpc) is 2.17. The molecule has 0 heterocycles. The van der Waals surface area contributed by atoms with Crippen molar-refractivity contribution in [2.75, 3.05) is 27.7 Å². The molecule has 15 heavy (non-hydrogen) atoms. The fraction of sp³-hybridized carbons (Fsp3) is 0.333. The maximum absolute atomic E-state index is 5.88. The van der Waals surface area contributed by atoms with Gasteiger partial charge in [-0.2, -0.15) is 0 Å². The lowest BCUT2D eigenvalue weighted by atomic mass is 10.2. The third-order valence-corrected chi connectivity index (χ3v) is 2.01. The highest BCUT2D eigenvalue weighted by Crippen LogP contribution is 2.21. The summed E-state index contributed by atoms with van der Waals surface area (Å²) in [4.78, 5) is 2.00. The van der Waals surface area contributed by atoms with Crippen molar-refractivity contribution >= 4 is 11.6 Å². The van der Waals surface area contributed by atoms with E-state index in [0.717, 1.165) is 17.9 Å². The Kier molecular flexibility index (Phi) is 4.48. The van der Waals surface area contributed by atoms with Crippen molar-refractivity contribution in [1.82, 2.24) is 4.90 Å². The number of benzene rings is 1. The van der Waals surface area contributed by atoms with Gasteiger partial charge in [-0.15, -0.1) is 0 Å². The van der Waals surface area contributed by atoms with E-state index >= 15 is 0 Å². The number of ether oxygens (including phenoxy) is 1. The topological polar surface area (TPSA) is 12.5 Å². The van der Waals surface area contributed by atoms with Gasteiger partial charge in [0.2, 0.25) is 0 Å². The molecule has 0 aliphatic carbocycles. The van der Waals surface area contributed by atoms with Crippen LogP contribution >= 0.6 is 11.6 Å². The summed E-state index contributed by atoms with van der Waals surface area (Å²) in [6.07, 6.45) is 0. The fourth-order valence-electron chi connectivity index (χ4n) is 1.07. The van der Waals surface area contributed by atoms with E-state index in [2.05, 4.69) is 11.8 Å². The summed E-state index contributed by atoms with van der Waals surface area (Å²) in [5.74, 6) is 6.83. The molecule has 0 unspecified atom stereocenters. The van der Waals surface area contributed by atoms with E-state index in [1.807, 2.05) is 31.1 Å². The van der Waals surface area contributed by atoms with Gasteiger partial charge in [0.25, 0.3) is 0 Å². The number of hydrogen-bond donors (Lipinski definition) is 0. The minimum Gasteiger partial charge on any atom is -0.495 e. The SMILES string of the molecule is COc1ccc(Cl)cc1C#CCN(C)C. The van der Waals surface area contributed by atoms with Crippen LogP contribution in [0.15, 0.2) is 18.2 Å². The molecular formula is C12H14ClNO. The lowest BCUT2D eigenvalue weighted by Gasteiger charge is -2.04. The molecule has 0 aromatic heterocycles. The fourth-order valence-corrected chi connectivity index (χ4v) is 1.24. The second kappa shape index (κ2) is 5.65. The first-order valence-electron chi connectivity index (χ1n) is 4.60. The van der Waals surface area contributed by atoms with Crippen LogP contribution in [0.25, 0.3) is 0 Å². The van der Waals surface area contributed by atoms with Crippen molar-refractivity contribution in [2.45, 2.75) is 0 Å². The lowest BCUT2D eigenvalue weighted by molar-refractivity contribution is 0.413. The van der Waals surface area contributed by atoms with Crippen LogP contribution in [0.2, 0.25) is 5.02 Å². The Bertz CT molecular complexity index is 390. The van der Waals surface area contributed by atoms with Gasteiger partial charge in [-0.1, -0.05) is 23.4 Å². The van der Waals surface area contributed by atoms with Gasteiger partial charge in [0.05, 0.1) is 19.2 Å². The minimum absolute atomic E-state index is 0.671. The van der Waals surface area contributed by atoms with E-state index in [1.54, 1.807) is 13.2 Å². The highest BCUT2D eigenvalue weighted by molar-refractivity contribution is 6.30. The first-order chi connectivity index (χ1) is 7.13. The van der Waals surface area contributed by atoms with E-state index in [9.17, 15) is 0 Å². The first kappa shape index (κ1) is 11.9. The minimum atomic E-state index is 0.671. The summed E-state index contributed by atoms with van der Waals surface area (Å²) >= 11 is 5.88. The quantitative estimate of drug-likeness (QED) is 0.714. The molecule has 0 radical (unpaired) electrons. The number of nitrogens with zero attached hydrogens (tertiary/aromatic N) is 1. The molecule has 0 bridgehead atoms. The molecule has 2 nitrogen and oxygen atoms in total. The zero-order valence-electron chi connectivity index (χ0n) is 9.17. The van der Waals surface area contributed by atoms with Gasteiger partial charge in [0, 0.05) is 5.02 Å². The van der Waals surface area contributed by atoms with Crippen molar-refractivity contribution in [3.8, 4) is 17.6 Å². The standard InChI is InChI=1S/C12H14ClNO/c1-14(2)8-4-5-10-9-11(13)6-7-12(10)15-3/h6-7,9H,8H2,1-3H3. The number of rotatable bonds is 2. The van der Waals surface area contributed by atoms with Gasteiger partial charge in [-0.25, -0.2) is 0 Å². The zero-order chi connectivity index (χ0) is 11.3. The largest absolute Gasteiger partial charge is 0.495 e. The van der Waals surface area contributed by atoms with Crippen LogP contribution in [0, 0.1) is 11.8 Å². The van der Waals surface area contributed by atoms with Crippen LogP contribution in [-0.2, 0) is 0 Å². The summed E-state index contributed by atoms with van der Waals surface area (Å²) in [5.41, 5.74) is 0.826. The molecule has 0 saturated carbocycles. The summed E-state index contributed by atoms with van der Waals surface area (Å²) in [5, 5.41) is 0.671. The molecule has 0 N–H and O–H groups in total. The Morgan fingerprint density at radius 2 is 2.13 bits per heavy atom. The molecule has 0 amide bonds. The van der Waals surface area contributed by atoms with Gasteiger partial charge in [-0.3, -0.25) is 4.90 Å². The van der Waals surface area contributed by atoms with E-state index in [4.69, 9.17) is 16.3 Å². The molecule has 0 fully saturated rings. The van der Waals surface area contributed by atoms with Crippen molar-refractivity contribution in [3.05, 3.63) is 28.8 Å². The number of methoxy groups -OCH3 is 1. The highest BCUT2D eigenvalue weighted by atomic mass is 35.5. The van der Waals surface area contributed by atoms with Gasteiger partial charge >= 0.3 is 0 Å². The summed E-state index contributed by atoms with van der Waals surface area (Å²) in [6, 6.07) is 5.42. The van der Waals surface area contributed by atoms with Gasteiger partial charge < -0.3 is 4.74 Å². The highest BCUT2D eigenvalue weighted by Gasteiger charge is 1.99. The van der Waals surface area contributed by atoms with E-state index in [0.29, 0.717) is 5.02 Å². The van der Waals surface area contributed by atoms with Gasteiger partial charge in [0.15, 0.2) is 0 Å². The number of hydrogen-bond acceptors (Lipinski definition) is 2. The second-order valence-electron chi connectivity index (χ2n) is 3.38. The average molecular weight is 224 g/mol. The van der Waals surface area contributed by atoms with Crippen LogP contribution < -0.4 is 4.74 Å². The predicted molar refractivity (Wildman–Crippen MR) is 63.4 cm³/mol. The monoisotopic (exact) mass is 223 g/mol. The molecule has 0 saturated heterocycles. The molecule has 0 atom stereocenters. The van der Waals surface area contributed by atoms with Crippen LogP contribution in [-0.4, -0.2) is 32.6 Å². The molecule has 0 spiro atoms. The molecule has 1 aromatic carbocycles. The Morgan fingerprint density at radius 3 is 2.73 bits per heavy atom. The normalized spacial score (nSPS) is 9.67. The molecule has 0 aliphatic heterocycles. The summed E-state index contributed by atoms with van der Waals surface area (Å²) < 4.78 is 5.18. The van der Waals surface area contributed by atoms with Crippen molar-refractivity contribution in [3.63, 3.8) is 0 Å². The van der Waals surface area contributed by atoms with Crippen LogP contribution in [0.4, 0.5) is 0 Å². The molecule has 0 aliphatic rings. The maximum Gasteiger partial charge on any atom is 0.134 e. The smallest absolute Gasteiger partial charge is 0.134 e. The van der Waals surface area contributed by atoms with Gasteiger partial charge in [-0.05, 0) is 32.3 Å². The predicted octanol–water partition coefficient (Wildman–Crippen LogP) is 2.26. The van der Waals surface area contributed by atoms with Crippen molar-refractivity contribution in [1.29, 1.82) is 0 Å².